The molecule has 0 rings (SSSR count). The van der Waals surface area contributed by atoms with E-state index in [1.807, 2.05) is 0 Å². The first-order valence-corrected chi connectivity index (χ1v) is 3.23. The molecule has 0 aromatic heterocycles. The van der Waals surface area contributed by atoms with E-state index in [1.54, 1.807) is 0 Å². The average Bonchev–Trinajstić information content (AvgIpc) is 1.85. The molecule has 0 aliphatic heterocycles. The van der Waals surface area contributed by atoms with Gasteiger partial charge in [0.1, 0.15) is 0 Å². The van der Waals surface area contributed by atoms with Gasteiger partial charge in [0, 0.05) is 0 Å². The van der Waals surface area contributed by atoms with Crippen LogP contribution in [0.3, 0.4) is 0 Å². The predicted molar refractivity (Wildman–Crippen MR) is 32.1 cm³/mol. The average molecular weight is 191 g/mol. The Morgan fingerprint density at radius 1 is 1.64 bits per heavy atom. The summed E-state index contributed by atoms with van der Waals surface area (Å²) >= 11 is 5.12. The lowest BCUT2D eigenvalue weighted by molar-refractivity contribution is -0.201. The van der Waals surface area contributed by atoms with Gasteiger partial charge in [-0.3, -0.25) is 0 Å². The van der Waals surface area contributed by atoms with Crippen LogP contribution in [0, 0.1) is 0 Å². The van der Waals surface area contributed by atoms with Crippen molar-refractivity contribution in [3.8, 4) is 0 Å². The molecule has 0 amide bonds. The largest absolute Gasteiger partial charge is 0.490 e. The molecule has 0 saturated heterocycles. The van der Waals surface area contributed by atoms with Gasteiger partial charge < -0.3 is 4.74 Å². The zero-order chi connectivity index (χ0) is 9.07. The zero-order valence-electron chi connectivity index (χ0n) is 5.61. The SMILES string of the molecule is CCC(Cl)OC(=O)C(F)(F)F. The van der Waals surface area contributed by atoms with E-state index in [-0.39, 0.29) is 6.42 Å². The first kappa shape index (κ1) is 10.6. The van der Waals surface area contributed by atoms with Crippen LogP contribution in [-0.4, -0.2) is 17.7 Å². The normalized spacial score (nSPS) is 14.3. The molecule has 2 nitrogen and oxygen atoms in total. The number of rotatable bonds is 2. The lowest BCUT2D eigenvalue weighted by atomic mass is 10.5. The highest BCUT2D eigenvalue weighted by Gasteiger charge is 2.41. The van der Waals surface area contributed by atoms with Gasteiger partial charge in [0.05, 0.1) is 0 Å². The van der Waals surface area contributed by atoms with Crippen molar-refractivity contribution in [2.24, 2.45) is 0 Å². The molecule has 0 aromatic carbocycles. The van der Waals surface area contributed by atoms with Gasteiger partial charge >= 0.3 is 12.1 Å². The van der Waals surface area contributed by atoms with E-state index in [2.05, 4.69) is 4.74 Å². The Bertz CT molecular complexity index is 145. The summed E-state index contributed by atoms with van der Waals surface area (Å²) in [6.45, 7) is 1.50. The Kier molecular flexibility index (Phi) is 3.65. The van der Waals surface area contributed by atoms with Crippen LogP contribution in [0.2, 0.25) is 0 Å². The number of esters is 1. The van der Waals surface area contributed by atoms with Crippen LogP contribution in [-0.2, 0) is 9.53 Å². The second-order valence-electron chi connectivity index (χ2n) is 1.72. The molecule has 11 heavy (non-hydrogen) atoms. The van der Waals surface area contributed by atoms with Gasteiger partial charge in [0.2, 0.25) is 0 Å². The van der Waals surface area contributed by atoms with Crippen molar-refractivity contribution in [1.82, 2.24) is 0 Å². The second kappa shape index (κ2) is 3.80. The molecule has 0 heterocycles. The molecular formula is C5H6ClF3O2. The third kappa shape index (κ3) is 4.08. The highest BCUT2D eigenvalue weighted by Crippen LogP contribution is 2.18. The Morgan fingerprint density at radius 3 is 2.36 bits per heavy atom. The van der Waals surface area contributed by atoms with Crippen molar-refractivity contribution in [3.05, 3.63) is 0 Å². The second-order valence-corrected chi connectivity index (χ2v) is 2.21. The van der Waals surface area contributed by atoms with Gasteiger partial charge in [0.25, 0.3) is 0 Å². The Labute approximate surface area is 66.3 Å². The first-order chi connectivity index (χ1) is 4.88. The molecule has 0 aliphatic rings. The summed E-state index contributed by atoms with van der Waals surface area (Å²) in [6, 6.07) is 0. The van der Waals surface area contributed by atoms with Gasteiger partial charge in [-0.05, 0) is 6.42 Å². The molecule has 0 aromatic rings. The van der Waals surface area contributed by atoms with Crippen LogP contribution < -0.4 is 0 Å². The van der Waals surface area contributed by atoms with Crippen molar-refractivity contribution in [2.45, 2.75) is 25.1 Å². The number of hydrogen-bond acceptors (Lipinski definition) is 2. The summed E-state index contributed by atoms with van der Waals surface area (Å²) in [6.07, 6.45) is -4.81. The summed E-state index contributed by atoms with van der Waals surface area (Å²) in [4.78, 5) is 10.0. The van der Waals surface area contributed by atoms with Crippen LogP contribution >= 0.6 is 11.6 Å². The maximum absolute atomic E-state index is 11.4. The van der Waals surface area contributed by atoms with Crippen LogP contribution in [0.15, 0.2) is 0 Å². The maximum Gasteiger partial charge on any atom is 0.490 e. The third-order valence-corrected chi connectivity index (χ3v) is 1.19. The van der Waals surface area contributed by atoms with Crippen molar-refractivity contribution in [1.29, 1.82) is 0 Å². The van der Waals surface area contributed by atoms with Gasteiger partial charge in [-0.1, -0.05) is 18.5 Å². The van der Waals surface area contributed by atoms with E-state index >= 15 is 0 Å². The van der Waals surface area contributed by atoms with Crippen LogP contribution in [0.4, 0.5) is 13.2 Å². The molecule has 66 valence electrons. The van der Waals surface area contributed by atoms with Crippen LogP contribution in [0.5, 0.6) is 0 Å². The van der Waals surface area contributed by atoms with E-state index in [0.29, 0.717) is 0 Å². The van der Waals surface area contributed by atoms with E-state index in [4.69, 9.17) is 11.6 Å². The quantitative estimate of drug-likeness (QED) is 0.492. The summed E-state index contributed by atoms with van der Waals surface area (Å²) < 4.78 is 38.0. The highest BCUT2D eigenvalue weighted by atomic mass is 35.5. The molecule has 0 saturated carbocycles. The number of alkyl halides is 4. The predicted octanol–water partition coefficient (Wildman–Crippen LogP) is 2.07. The lowest BCUT2D eigenvalue weighted by Crippen LogP contribution is -2.27. The molecular weight excluding hydrogens is 184 g/mol. The van der Waals surface area contributed by atoms with Crippen molar-refractivity contribution >= 4 is 17.6 Å². The summed E-state index contributed by atoms with van der Waals surface area (Å²) in [5, 5.41) is 0. The molecule has 1 atom stereocenters. The Morgan fingerprint density at radius 2 is 2.09 bits per heavy atom. The highest BCUT2D eigenvalue weighted by molar-refractivity contribution is 6.20. The van der Waals surface area contributed by atoms with Crippen molar-refractivity contribution in [2.75, 3.05) is 0 Å². The van der Waals surface area contributed by atoms with E-state index in [0.717, 1.165) is 0 Å². The smallest absolute Gasteiger partial charge is 0.439 e. The fourth-order valence-corrected chi connectivity index (χ4v) is 0.347. The Hall–Kier alpha value is -0.450. The minimum Gasteiger partial charge on any atom is -0.439 e. The zero-order valence-corrected chi connectivity index (χ0v) is 6.37. The molecule has 1 unspecified atom stereocenters. The van der Waals surface area contributed by atoms with Gasteiger partial charge in [-0.25, -0.2) is 4.79 Å². The monoisotopic (exact) mass is 190 g/mol. The number of halogens is 4. The summed E-state index contributed by atoms with van der Waals surface area (Å²) in [5.41, 5.74) is -1.20. The summed E-state index contributed by atoms with van der Waals surface area (Å²) in [7, 11) is 0. The van der Waals surface area contributed by atoms with Gasteiger partial charge in [0.15, 0.2) is 5.56 Å². The topological polar surface area (TPSA) is 26.3 Å². The molecule has 0 spiro atoms. The lowest BCUT2D eigenvalue weighted by Gasteiger charge is -2.09. The molecule has 0 radical (unpaired) electrons. The Balaban J connectivity index is 3.88. The van der Waals surface area contributed by atoms with E-state index < -0.39 is 17.7 Å². The first-order valence-electron chi connectivity index (χ1n) is 2.79. The van der Waals surface area contributed by atoms with Crippen LogP contribution in [0.25, 0.3) is 0 Å². The number of carbonyl (C=O) groups excluding carboxylic acids is 1. The van der Waals surface area contributed by atoms with Gasteiger partial charge in [-0.15, -0.1) is 0 Å². The number of hydrogen-bond donors (Lipinski definition) is 0. The van der Waals surface area contributed by atoms with Gasteiger partial charge in [-0.2, -0.15) is 13.2 Å². The standard InChI is InChI=1S/C5H6ClF3O2/c1-2-3(6)11-4(10)5(7,8)9/h3H,2H2,1H3. The van der Waals surface area contributed by atoms with Crippen LogP contribution in [0.1, 0.15) is 13.3 Å². The minimum absolute atomic E-state index is 0.142. The molecule has 0 aliphatic carbocycles. The van der Waals surface area contributed by atoms with E-state index in [1.165, 1.54) is 6.92 Å². The number of ether oxygens (including phenoxy) is 1. The maximum atomic E-state index is 11.4. The van der Waals surface area contributed by atoms with E-state index in [9.17, 15) is 18.0 Å². The molecule has 0 bridgehead atoms. The third-order valence-electron chi connectivity index (χ3n) is 0.787. The number of carbonyl (C=O) groups is 1. The fraction of sp³-hybridized carbons (Fsp3) is 0.800. The fourth-order valence-electron chi connectivity index (χ4n) is 0.266. The minimum atomic E-state index is -4.96. The molecule has 0 fully saturated rings. The molecule has 6 heteroatoms. The summed E-state index contributed by atoms with van der Waals surface area (Å²) in [5.74, 6) is -2.25. The van der Waals surface area contributed by atoms with Crippen molar-refractivity contribution in [3.63, 3.8) is 0 Å². The molecule has 0 N–H and O–H groups in total. The van der Waals surface area contributed by atoms with Crippen molar-refractivity contribution < 1.29 is 22.7 Å².